The van der Waals surface area contributed by atoms with E-state index >= 15 is 0 Å². The number of aliphatic carboxylic acids is 2. The van der Waals surface area contributed by atoms with Crippen LogP contribution in [0.15, 0.2) is 109 Å². The molecular weight excluding hydrogens is 725 g/mol. The van der Waals surface area contributed by atoms with Crippen molar-refractivity contribution in [2.24, 2.45) is 0 Å². The van der Waals surface area contributed by atoms with Crippen molar-refractivity contribution in [1.82, 2.24) is 0 Å². The largest absolute Gasteiger partial charge is 0.543 e. The Labute approximate surface area is 342 Å². The number of hydrogen-bond acceptors (Lipinski definition) is 8. The highest BCUT2D eigenvalue weighted by molar-refractivity contribution is 6.25. The Kier molecular flexibility index (Phi) is 14.7. The zero-order chi connectivity index (χ0) is 42.6. The van der Waals surface area contributed by atoms with Crippen molar-refractivity contribution >= 4 is 58.3 Å². The molecule has 0 radical (unpaired) electrons. The lowest BCUT2D eigenvalue weighted by Crippen LogP contribution is -2.42. The Hall–Kier alpha value is -6.78. The molecule has 0 bridgehead atoms. The summed E-state index contributed by atoms with van der Waals surface area (Å²) in [5.41, 5.74) is 12.5. The van der Waals surface area contributed by atoms with E-state index in [0.29, 0.717) is 12.8 Å². The second-order valence-electron chi connectivity index (χ2n) is 15.3. The Bertz CT molecular complexity index is 2160. The van der Waals surface area contributed by atoms with Gasteiger partial charge in [0.25, 0.3) is 0 Å². The molecule has 0 unspecified atom stereocenters. The summed E-state index contributed by atoms with van der Waals surface area (Å²) < 4.78 is 4.58. The van der Waals surface area contributed by atoms with E-state index in [1.807, 2.05) is 14.1 Å². The SMILES string of the molecule is CN(CCC#N)c1ccc(/C=C/C2=[N+](C)c3ccccc3C2(C)C)cc1.CN(CCC#N)c1ccc(/C=C/C2=[N+](C)c3ccccc3C2(C)C)cc1.O=C([O-])C(=O)[O-]. The first-order valence-electron chi connectivity index (χ1n) is 19.1. The zero-order valence-corrected chi connectivity index (χ0v) is 34.7. The fourth-order valence-electron chi connectivity index (χ4n) is 7.33. The maximum Gasteiger partial charge on any atom is 0.209 e. The van der Waals surface area contributed by atoms with Crippen LogP contribution in [-0.2, 0) is 20.4 Å². The average molecular weight is 777 g/mol. The molecular formula is C48H52N6O4. The molecule has 4 aromatic rings. The van der Waals surface area contributed by atoms with E-state index in [0.717, 1.165) is 24.5 Å². The number of nitrogens with zero attached hydrogens (tertiary/aromatic N) is 6. The monoisotopic (exact) mass is 776 g/mol. The van der Waals surface area contributed by atoms with Gasteiger partial charge >= 0.3 is 0 Å². The van der Waals surface area contributed by atoms with Crippen LogP contribution >= 0.6 is 0 Å². The van der Waals surface area contributed by atoms with Crippen LogP contribution in [0.5, 0.6) is 0 Å². The van der Waals surface area contributed by atoms with Crippen molar-refractivity contribution in [2.45, 2.75) is 51.4 Å². The van der Waals surface area contributed by atoms with Crippen molar-refractivity contribution in [3.63, 3.8) is 0 Å². The van der Waals surface area contributed by atoms with E-state index < -0.39 is 11.9 Å². The second-order valence-corrected chi connectivity index (χ2v) is 15.3. The van der Waals surface area contributed by atoms with Crippen molar-refractivity contribution in [2.75, 3.05) is 51.1 Å². The third-order valence-corrected chi connectivity index (χ3v) is 10.7. The van der Waals surface area contributed by atoms with Gasteiger partial charge < -0.3 is 29.6 Å². The van der Waals surface area contributed by atoms with Crippen molar-refractivity contribution in [3.05, 3.63) is 131 Å². The van der Waals surface area contributed by atoms with Gasteiger partial charge in [-0.3, -0.25) is 0 Å². The van der Waals surface area contributed by atoms with Gasteiger partial charge in [-0.25, -0.2) is 0 Å². The molecule has 0 amide bonds. The number of carbonyl (C=O) groups is 2. The maximum atomic E-state index is 8.93. The number of rotatable bonds is 10. The standard InChI is InChI=1S/2C23H26N3.C2H2O4/c2*1-23(2)20-8-5-6-9-21(20)26(4)22(23)15-12-18-10-13-19(14-11-18)25(3)17-7-16-24;3-1(4)2(5)6/h2*5-6,8-15H,7,17H2,1-4H3;(H,3,4)(H,5,6)/q2*+1;/p-2. The smallest absolute Gasteiger partial charge is 0.209 e. The van der Waals surface area contributed by atoms with Crippen LogP contribution in [0.2, 0.25) is 0 Å². The first kappa shape index (κ1) is 43.9. The highest BCUT2D eigenvalue weighted by Crippen LogP contribution is 2.40. The number of fused-ring (bicyclic) bond motifs is 2. The molecule has 2 aliphatic rings. The van der Waals surface area contributed by atoms with Crippen LogP contribution in [0.1, 0.15) is 62.8 Å². The van der Waals surface area contributed by atoms with Crippen molar-refractivity contribution in [1.29, 1.82) is 10.5 Å². The number of allylic oxidation sites excluding steroid dienone is 2. The van der Waals surface area contributed by atoms with E-state index in [-0.39, 0.29) is 10.8 Å². The first-order valence-corrected chi connectivity index (χ1v) is 19.1. The number of anilines is 2. The van der Waals surface area contributed by atoms with E-state index in [4.69, 9.17) is 30.3 Å². The highest BCUT2D eigenvalue weighted by atomic mass is 16.4. The lowest BCUT2D eigenvalue weighted by atomic mass is 9.81. The van der Waals surface area contributed by atoms with E-state index in [1.54, 1.807) is 0 Å². The molecule has 0 fully saturated rings. The van der Waals surface area contributed by atoms with Crippen LogP contribution in [0, 0.1) is 22.7 Å². The molecule has 298 valence electrons. The number of hydrogen-bond donors (Lipinski definition) is 0. The number of benzene rings is 4. The summed E-state index contributed by atoms with van der Waals surface area (Å²) in [5, 5.41) is 35.3. The van der Waals surface area contributed by atoms with Gasteiger partial charge in [0.05, 0.1) is 47.7 Å². The van der Waals surface area contributed by atoms with E-state index in [1.165, 1.54) is 45.1 Å². The molecule has 0 N–H and O–H groups in total. The van der Waals surface area contributed by atoms with Gasteiger partial charge in [-0.2, -0.15) is 19.7 Å². The lowest BCUT2D eigenvalue weighted by molar-refractivity contribution is -0.401. The van der Waals surface area contributed by atoms with Crippen molar-refractivity contribution < 1.29 is 29.0 Å². The molecule has 0 aliphatic carbocycles. The van der Waals surface area contributed by atoms with Gasteiger partial charge in [0.2, 0.25) is 11.4 Å². The summed E-state index contributed by atoms with van der Waals surface area (Å²) in [6.07, 6.45) is 9.90. The summed E-state index contributed by atoms with van der Waals surface area (Å²) in [6.45, 7) is 10.6. The van der Waals surface area contributed by atoms with E-state index in [9.17, 15) is 0 Å². The summed E-state index contributed by atoms with van der Waals surface area (Å²) in [7, 11) is 8.32. The molecule has 10 nitrogen and oxygen atoms in total. The molecule has 58 heavy (non-hydrogen) atoms. The summed E-state index contributed by atoms with van der Waals surface area (Å²) in [6, 6.07) is 38.6. The van der Waals surface area contributed by atoms with Gasteiger partial charge in [-0.1, -0.05) is 60.7 Å². The van der Waals surface area contributed by atoms with Gasteiger partial charge in [0.1, 0.15) is 14.1 Å². The molecule has 2 aliphatic heterocycles. The van der Waals surface area contributed by atoms with Crippen LogP contribution in [0.4, 0.5) is 22.7 Å². The number of carboxylic acid groups (broad SMARTS) is 2. The van der Waals surface area contributed by atoms with Crippen molar-refractivity contribution in [3.8, 4) is 12.1 Å². The lowest BCUT2D eigenvalue weighted by Gasteiger charge is -2.17. The highest BCUT2D eigenvalue weighted by Gasteiger charge is 2.43. The Morgan fingerprint density at radius 1 is 0.586 bits per heavy atom. The molecule has 0 saturated heterocycles. The topological polar surface area (TPSA) is 140 Å². The first-order chi connectivity index (χ1) is 27.5. The molecule has 6 rings (SSSR count). The summed E-state index contributed by atoms with van der Waals surface area (Å²) in [5.74, 6) is -4.37. The third-order valence-electron chi connectivity index (χ3n) is 10.7. The minimum Gasteiger partial charge on any atom is -0.543 e. The third kappa shape index (κ3) is 10.3. The Morgan fingerprint density at radius 3 is 1.21 bits per heavy atom. The average Bonchev–Trinajstić information content (AvgIpc) is 3.54. The number of carboxylic acids is 2. The van der Waals surface area contributed by atoms with Crippen LogP contribution in [0.25, 0.3) is 12.2 Å². The van der Waals surface area contributed by atoms with Crippen LogP contribution in [-0.4, -0.2) is 73.8 Å². The molecule has 2 heterocycles. The quantitative estimate of drug-likeness (QED) is 0.141. The molecule has 0 atom stereocenters. The zero-order valence-electron chi connectivity index (χ0n) is 34.7. The van der Waals surface area contributed by atoms with E-state index in [2.05, 4.69) is 194 Å². The Morgan fingerprint density at radius 2 is 0.914 bits per heavy atom. The fourth-order valence-corrected chi connectivity index (χ4v) is 7.33. The molecule has 4 aromatic carbocycles. The molecule has 0 spiro atoms. The van der Waals surface area contributed by atoms with Crippen LogP contribution < -0.4 is 20.0 Å². The molecule has 0 aromatic heterocycles. The number of carbonyl (C=O) groups excluding carboxylic acids is 2. The maximum absolute atomic E-state index is 8.93. The van der Waals surface area contributed by atoms with Gasteiger partial charge in [0.15, 0.2) is 11.4 Å². The van der Waals surface area contributed by atoms with Gasteiger partial charge in [0, 0.05) is 74.0 Å². The fraction of sp³-hybridized carbons (Fsp3) is 0.292. The predicted octanol–water partition coefficient (Wildman–Crippen LogP) is 6.00. The number of nitriles is 2. The minimum atomic E-state index is -2.19. The summed E-state index contributed by atoms with van der Waals surface area (Å²) >= 11 is 0. The molecule has 10 heteroatoms. The minimum absolute atomic E-state index is 0.000698. The molecule has 0 saturated carbocycles. The number of para-hydroxylation sites is 2. The van der Waals surface area contributed by atoms with Gasteiger partial charge in [-0.15, -0.1) is 0 Å². The van der Waals surface area contributed by atoms with Crippen LogP contribution in [0.3, 0.4) is 0 Å². The Balaban J connectivity index is 0.000000225. The second kappa shape index (κ2) is 19.4. The summed E-state index contributed by atoms with van der Waals surface area (Å²) in [4.78, 5) is 22.1. The normalized spacial score (nSPS) is 14.4. The predicted molar refractivity (Wildman–Crippen MR) is 229 cm³/mol. The van der Waals surface area contributed by atoms with Gasteiger partial charge in [-0.05, 0) is 75.2 Å².